The Morgan fingerprint density at radius 1 is 1.18 bits per heavy atom. The third-order valence-electron chi connectivity index (χ3n) is 2.90. The molecule has 3 N–H and O–H groups in total. The minimum Gasteiger partial charge on any atom is -0.370 e. The van der Waals surface area contributed by atoms with Gasteiger partial charge < -0.3 is 16.0 Å². The number of likely N-dealkylation sites (tertiary alicyclic amines) is 1. The Morgan fingerprint density at radius 3 is 2.29 bits per heavy atom. The summed E-state index contributed by atoms with van der Waals surface area (Å²) in [4.78, 5) is 6.88. The van der Waals surface area contributed by atoms with E-state index in [1.807, 2.05) is 0 Å². The molecule has 1 aliphatic heterocycles. The maximum Gasteiger partial charge on any atom is 0.189 e. The number of nitrogens with one attached hydrogen (secondary N) is 1. The molecule has 0 spiro atoms. The van der Waals surface area contributed by atoms with E-state index < -0.39 is 0 Å². The van der Waals surface area contributed by atoms with E-state index >= 15 is 0 Å². The molecule has 0 unspecified atom stereocenters. The fraction of sp³-hybridized carbons (Fsp3) is 0.923. The van der Waals surface area contributed by atoms with Gasteiger partial charge in [0.15, 0.2) is 5.96 Å². The third kappa shape index (κ3) is 7.21. The molecule has 0 aliphatic carbocycles. The Hall–Kier alpha value is -0.770. The molecular formula is C13H28N4. The van der Waals surface area contributed by atoms with Gasteiger partial charge in [-0.1, -0.05) is 12.8 Å². The molecule has 4 nitrogen and oxygen atoms in total. The van der Waals surface area contributed by atoms with Crippen molar-refractivity contribution in [3.05, 3.63) is 0 Å². The highest BCUT2D eigenvalue weighted by molar-refractivity contribution is 5.78. The van der Waals surface area contributed by atoms with Gasteiger partial charge in [-0.05, 0) is 46.7 Å². The lowest BCUT2D eigenvalue weighted by atomic mass is 10.1. The van der Waals surface area contributed by atoms with E-state index in [-0.39, 0.29) is 5.54 Å². The standard InChI is InChI=1S/C13H28N4/c1-13(2,3)16-12(14)15-8-11-17-9-6-4-5-7-10-17/h4-11H2,1-3H3,(H3,14,15,16). The van der Waals surface area contributed by atoms with E-state index in [1.165, 1.54) is 38.8 Å². The molecule has 0 aromatic heterocycles. The largest absolute Gasteiger partial charge is 0.370 e. The zero-order chi connectivity index (χ0) is 12.7. The lowest BCUT2D eigenvalue weighted by Gasteiger charge is -2.22. The van der Waals surface area contributed by atoms with Crippen molar-refractivity contribution in [3.63, 3.8) is 0 Å². The average Bonchev–Trinajstić information content (AvgIpc) is 2.43. The summed E-state index contributed by atoms with van der Waals surface area (Å²) in [7, 11) is 0. The van der Waals surface area contributed by atoms with Crippen LogP contribution >= 0.6 is 0 Å². The van der Waals surface area contributed by atoms with Crippen molar-refractivity contribution in [1.29, 1.82) is 0 Å². The van der Waals surface area contributed by atoms with Crippen LogP contribution in [-0.4, -0.2) is 42.6 Å². The zero-order valence-corrected chi connectivity index (χ0v) is 11.6. The summed E-state index contributed by atoms with van der Waals surface area (Å²) in [6, 6.07) is 0. The van der Waals surface area contributed by atoms with Gasteiger partial charge in [0.05, 0.1) is 6.54 Å². The molecule has 100 valence electrons. The SMILES string of the molecule is CC(C)(C)NC(N)=NCCN1CCCCCC1. The summed E-state index contributed by atoms with van der Waals surface area (Å²) < 4.78 is 0. The molecule has 0 radical (unpaired) electrons. The van der Waals surface area contributed by atoms with E-state index in [9.17, 15) is 0 Å². The minimum atomic E-state index is -0.00378. The number of guanidine groups is 1. The van der Waals surface area contributed by atoms with Crippen LogP contribution in [0.2, 0.25) is 0 Å². The van der Waals surface area contributed by atoms with Gasteiger partial charge in [-0.25, -0.2) is 0 Å². The molecule has 4 heteroatoms. The Morgan fingerprint density at radius 2 is 1.76 bits per heavy atom. The molecule has 0 aromatic rings. The number of hydrogen-bond acceptors (Lipinski definition) is 2. The van der Waals surface area contributed by atoms with Crippen molar-refractivity contribution in [2.24, 2.45) is 10.7 Å². The quantitative estimate of drug-likeness (QED) is 0.581. The third-order valence-corrected chi connectivity index (χ3v) is 2.90. The average molecular weight is 240 g/mol. The molecule has 1 heterocycles. The monoisotopic (exact) mass is 240 g/mol. The number of nitrogens with two attached hydrogens (primary N) is 1. The second-order valence-corrected chi connectivity index (χ2v) is 5.90. The van der Waals surface area contributed by atoms with Crippen LogP contribution in [0, 0.1) is 0 Å². The van der Waals surface area contributed by atoms with E-state index in [4.69, 9.17) is 5.73 Å². The first-order chi connectivity index (χ1) is 7.97. The van der Waals surface area contributed by atoms with Crippen LogP contribution in [0.3, 0.4) is 0 Å². The predicted molar refractivity (Wildman–Crippen MR) is 74.3 cm³/mol. The number of nitrogens with zero attached hydrogens (tertiary/aromatic N) is 2. The van der Waals surface area contributed by atoms with Crippen LogP contribution in [-0.2, 0) is 0 Å². The Bertz CT molecular complexity index is 234. The highest BCUT2D eigenvalue weighted by atomic mass is 15.2. The molecular weight excluding hydrogens is 212 g/mol. The maximum atomic E-state index is 5.83. The summed E-state index contributed by atoms with van der Waals surface area (Å²) in [5.41, 5.74) is 5.82. The molecule has 0 saturated carbocycles. The molecule has 1 rings (SSSR count). The van der Waals surface area contributed by atoms with Crippen LogP contribution < -0.4 is 11.1 Å². The number of aliphatic imine (C=N–C) groups is 1. The van der Waals surface area contributed by atoms with Gasteiger partial charge in [-0.15, -0.1) is 0 Å². The Labute approximate surface area is 106 Å². The van der Waals surface area contributed by atoms with Gasteiger partial charge in [0, 0.05) is 12.1 Å². The van der Waals surface area contributed by atoms with Crippen molar-refractivity contribution >= 4 is 5.96 Å². The first kappa shape index (κ1) is 14.3. The van der Waals surface area contributed by atoms with Crippen LogP contribution in [0.5, 0.6) is 0 Å². The van der Waals surface area contributed by atoms with Gasteiger partial charge >= 0.3 is 0 Å². The molecule has 1 saturated heterocycles. The van der Waals surface area contributed by atoms with Crippen LogP contribution in [0.1, 0.15) is 46.5 Å². The lowest BCUT2D eigenvalue weighted by molar-refractivity contribution is 0.293. The molecule has 0 atom stereocenters. The van der Waals surface area contributed by atoms with Crippen molar-refractivity contribution in [3.8, 4) is 0 Å². The van der Waals surface area contributed by atoms with Crippen LogP contribution in [0.25, 0.3) is 0 Å². The lowest BCUT2D eigenvalue weighted by Crippen LogP contribution is -2.45. The minimum absolute atomic E-state index is 0.00378. The summed E-state index contributed by atoms with van der Waals surface area (Å²) >= 11 is 0. The highest BCUT2D eigenvalue weighted by Gasteiger charge is 2.10. The number of rotatable bonds is 3. The topological polar surface area (TPSA) is 53.6 Å². The van der Waals surface area contributed by atoms with Gasteiger partial charge in [0.1, 0.15) is 0 Å². The van der Waals surface area contributed by atoms with Crippen molar-refractivity contribution in [2.45, 2.75) is 52.0 Å². The predicted octanol–water partition coefficient (Wildman–Crippen LogP) is 1.57. The first-order valence-corrected chi connectivity index (χ1v) is 6.78. The second kappa shape index (κ2) is 6.84. The molecule has 1 aliphatic rings. The van der Waals surface area contributed by atoms with Crippen LogP contribution in [0.4, 0.5) is 0 Å². The summed E-state index contributed by atoms with van der Waals surface area (Å²) in [6.07, 6.45) is 5.43. The van der Waals surface area contributed by atoms with E-state index in [0.29, 0.717) is 5.96 Å². The second-order valence-electron chi connectivity index (χ2n) is 5.90. The van der Waals surface area contributed by atoms with Crippen molar-refractivity contribution in [2.75, 3.05) is 26.2 Å². The summed E-state index contributed by atoms with van der Waals surface area (Å²) in [6.45, 7) is 10.5. The van der Waals surface area contributed by atoms with Gasteiger partial charge in [-0.2, -0.15) is 0 Å². The Balaban J connectivity index is 2.23. The van der Waals surface area contributed by atoms with E-state index in [1.54, 1.807) is 0 Å². The maximum absolute atomic E-state index is 5.83. The van der Waals surface area contributed by atoms with Crippen molar-refractivity contribution < 1.29 is 0 Å². The van der Waals surface area contributed by atoms with Crippen molar-refractivity contribution in [1.82, 2.24) is 10.2 Å². The van der Waals surface area contributed by atoms with Crippen LogP contribution in [0.15, 0.2) is 4.99 Å². The van der Waals surface area contributed by atoms with E-state index in [0.717, 1.165) is 13.1 Å². The smallest absolute Gasteiger partial charge is 0.189 e. The zero-order valence-electron chi connectivity index (χ0n) is 11.6. The molecule has 0 aromatic carbocycles. The van der Waals surface area contributed by atoms with E-state index in [2.05, 4.69) is 36.0 Å². The molecule has 17 heavy (non-hydrogen) atoms. The fourth-order valence-electron chi connectivity index (χ4n) is 2.10. The fourth-order valence-corrected chi connectivity index (χ4v) is 2.10. The summed E-state index contributed by atoms with van der Waals surface area (Å²) in [5.74, 6) is 0.562. The highest BCUT2D eigenvalue weighted by Crippen LogP contribution is 2.08. The molecule has 0 amide bonds. The number of hydrogen-bond donors (Lipinski definition) is 2. The normalized spacial score (nSPS) is 20.1. The molecule has 0 bridgehead atoms. The summed E-state index contributed by atoms with van der Waals surface area (Å²) in [5, 5.41) is 3.18. The van der Waals surface area contributed by atoms with Gasteiger partial charge in [0.25, 0.3) is 0 Å². The molecule has 1 fully saturated rings. The van der Waals surface area contributed by atoms with Gasteiger partial charge in [0.2, 0.25) is 0 Å². The van der Waals surface area contributed by atoms with Gasteiger partial charge in [-0.3, -0.25) is 4.99 Å². The first-order valence-electron chi connectivity index (χ1n) is 6.78. The Kier molecular flexibility index (Phi) is 5.75.